The number of aliphatic hydroxyl groups excluding tert-OH is 1. The quantitative estimate of drug-likeness (QED) is 0.245. The Hall–Kier alpha value is -3.58. The smallest absolute Gasteiger partial charge is 0.265 e. The van der Waals surface area contributed by atoms with E-state index >= 15 is 8.78 Å². The Labute approximate surface area is 252 Å². The van der Waals surface area contributed by atoms with Gasteiger partial charge in [0.25, 0.3) is 10.0 Å². The van der Waals surface area contributed by atoms with Crippen molar-refractivity contribution in [2.75, 3.05) is 36.8 Å². The van der Waals surface area contributed by atoms with Gasteiger partial charge in [0, 0.05) is 28.2 Å². The maximum Gasteiger partial charge on any atom is 0.265 e. The molecule has 1 fully saturated rings. The lowest BCUT2D eigenvalue weighted by atomic mass is 9.97. The van der Waals surface area contributed by atoms with E-state index in [0.29, 0.717) is 23.3 Å². The number of piperidine rings is 1. The van der Waals surface area contributed by atoms with Crippen LogP contribution < -0.4 is 14.8 Å². The van der Waals surface area contributed by atoms with Crippen LogP contribution in [-0.4, -0.2) is 61.2 Å². The number of fused-ring (bicyclic) bond motifs is 2. The summed E-state index contributed by atoms with van der Waals surface area (Å²) in [5.41, 5.74) is 1.00. The van der Waals surface area contributed by atoms with Crippen molar-refractivity contribution in [1.29, 1.82) is 0 Å². The molecule has 1 aromatic heterocycles. The highest BCUT2D eigenvalue weighted by atomic mass is 35.5. The van der Waals surface area contributed by atoms with Crippen LogP contribution in [-0.2, 0) is 16.4 Å². The lowest BCUT2D eigenvalue weighted by Gasteiger charge is -2.29. The second-order valence-electron chi connectivity index (χ2n) is 10.9. The van der Waals surface area contributed by atoms with Gasteiger partial charge in [0.15, 0.2) is 5.82 Å². The van der Waals surface area contributed by atoms with Gasteiger partial charge in [-0.05, 0) is 86.9 Å². The molecule has 1 saturated heterocycles. The van der Waals surface area contributed by atoms with E-state index in [-0.39, 0.29) is 39.4 Å². The molecule has 1 atom stereocenters. The Kier molecular flexibility index (Phi) is 7.88. The van der Waals surface area contributed by atoms with E-state index in [1.807, 2.05) is 6.92 Å². The summed E-state index contributed by atoms with van der Waals surface area (Å²) in [5, 5.41) is 14.2. The minimum Gasteiger partial charge on any atom is -0.489 e. The Morgan fingerprint density at radius 1 is 1.16 bits per heavy atom. The number of halogens is 3. The van der Waals surface area contributed by atoms with Crippen LogP contribution in [0, 0.1) is 11.6 Å². The zero-order valence-electron chi connectivity index (χ0n) is 23.5. The van der Waals surface area contributed by atoms with Gasteiger partial charge in [-0.1, -0.05) is 18.5 Å². The summed E-state index contributed by atoms with van der Waals surface area (Å²) in [5.74, 6) is -1.52. The third-order valence-electron chi connectivity index (χ3n) is 7.90. The van der Waals surface area contributed by atoms with Crippen molar-refractivity contribution in [3.63, 3.8) is 0 Å². The fourth-order valence-electron chi connectivity index (χ4n) is 5.58. The standard InChI is InChI=1S/C30H30ClF2N5O4S/c1-3-16-10-17(11-18-14-34-30(36-28(16)18)35-20-6-8-38(2)9-7-20)26-22(32)4-5-23(27(26)33)37-43(40,41)25-13-19(31)12-21-24(39)15-42-29(21)25/h4-5,10-14,20,24,37,39H,3,6-9,15H2,1-2H3,(H,34,35,36). The predicted octanol–water partition coefficient (Wildman–Crippen LogP) is 5.52. The van der Waals surface area contributed by atoms with Gasteiger partial charge in [0.2, 0.25) is 5.95 Å². The van der Waals surface area contributed by atoms with Crippen molar-refractivity contribution < 1.29 is 27.0 Å². The molecule has 43 heavy (non-hydrogen) atoms. The maximum atomic E-state index is 16.0. The minimum atomic E-state index is -4.45. The molecule has 0 amide bonds. The summed E-state index contributed by atoms with van der Waals surface area (Å²) >= 11 is 6.10. The summed E-state index contributed by atoms with van der Waals surface area (Å²) in [6.45, 7) is 3.75. The number of hydrogen-bond acceptors (Lipinski definition) is 8. The maximum absolute atomic E-state index is 16.0. The van der Waals surface area contributed by atoms with E-state index in [4.69, 9.17) is 21.3 Å². The van der Waals surface area contributed by atoms with Gasteiger partial charge in [-0.25, -0.2) is 27.2 Å². The topological polar surface area (TPSA) is 117 Å². The number of nitrogens with zero attached hydrogens (tertiary/aromatic N) is 3. The van der Waals surface area contributed by atoms with Crippen molar-refractivity contribution in [2.45, 2.75) is 43.2 Å². The summed E-state index contributed by atoms with van der Waals surface area (Å²) in [6, 6.07) is 8.08. The van der Waals surface area contributed by atoms with E-state index in [2.05, 4.69) is 27.0 Å². The molecule has 226 valence electrons. The zero-order valence-corrected chi connectivity index (χ0v) is 25.1. The first kappa shape index (κ1) is 29.5. The predicted molar refractivity (Wildman–Crippen MR) is 161 cm³/mol. The summed E-state index contributed by atoms with van der Waals surface area (Å²) in [7, 11) is -2.36. The molecule has 4 aromatic rings. The van der Waals surface area contributed by atoms with Crippen molar-refractivity contribution in [3.8, 4) is 16.9 Å². The monoisotopic (exact) mass is 629 g/mol. The van der Waals surface area contributed by atoms with Crippen molar-refractivity contribution in [2.24, 2.45) is 0 Å². The first-order valence-electron chi connectivity index (χ1n) is 13.9. The number of benzene rings is 3. The molecular formula is C30H30ClF2N5O4S. The lowest BCUT2D eigenvalue weighted by Crippen LogP contribution is -2.37. The summed E-state index contributed by atoms with van der Waals surface area (Å²) < 4.78 is 65.5. The highest BCUT2D eigenvalue weighted by Crippen LogP contribution is 2.41. The lowest BCUT2D eigenvalue weighted by molar-refractivity contribution is 0.140. The van der Waals surface area contributed by atoms with Crippen LogP contribution in [0.5, 0.6) is 5.75 Å². The molecule has 3 N–H and O–H groups in total. The second-order valence-corrected chi connectivity index (χ2v) is 13.0. The molecule has 1 unspecified atom stereocenters. The van der Waals surface area contributed by atoms with Crippen molar-refractivity contribution in [3.05, 3.63) is 70.4 Å². The van der Waals surface area contributed by atoms with Crippen LogP contribution in [0.4, 0.5) is 20.4 Å². The average molecular weight is 630 g/mol. The van der Waals surface area contributed by atoms with Gasteiger partial charge < -0.3 is 20.1 Å². The van der Waals surface area contributed by atoms with Crippen LogP contribution in [0.25, 0.3) is 22.0 Å². The molecule has 9 nitrogen and oxygen atoms in total. The number of aromatic nitrogens is 2. The second kappa shape index (κ2) is 11.5. The molecule has 0 aliphatic carbocycles. The van der Waals surface area contributed by atoms with Gasteiger partial charge in [0.05, 0.1) is 16.8 Å². The molecule has 13 heteroatoms. The fourth-order valence-corrected chi connectivity index (χ4v) is 7.13. The van der Waals surface area contributed by atoms with Crippen LogP contribution in [0.2, 0.25) is 5.02 Å². The number of sulfonamides is 1. The minimum absolute atomic E-state index is 0.0547. The van der Waals surface area contributed by atoms with Gasteiger partial charge in [-0.15, -0.1) is 0 Å². The molecule has 0 bridgehead atoms. The number of likely N-dealkylation sites (tertiary alicyclic amines) is 1. The molecule has 0 radical (unpaired) electrons. The highest BCUT2D eigenvalue weighted by molar-refractivity contribution is 7.92. The average Bonchev–Trinajstić information content (AvgIpc) is 3.35. The number of anilines is 2. The first-order valence-corrected chi connectivity index (χ1v) is 15.8. The van der Waals surface area contributed by atoms with E-state index in [1.165, 1.54) is 6.07 Å². The van der Waals surface area contributed by atoms with Gasteiger partial charge in [0.1, 0.15) is 29.2 Å². The molecule has 0 saturated carbocycles. The zero-order chi connectivity index (χ0) is 30.5. The van der Waals surface area contributed by atoms with E-state index in [9.17, 15) is 13.5 Å². The third-order valence-corrected chi connectivity index (χ3v) is 9.49. The summed E-state index contributed by atoms with van der Waals surface area (Å²) in [6.07, 6.45) is 3.06. The number of rotatable bonds is 7. The van der Waals surface area contributed by atoms with Gasteiger partial charge in [-0.3, -0.25) is 4.72 Å². The van der Waals surface area contributed by atoms with Crippen LogP contribution in [0.15, 0.2) is 47.5 Å². The largest absolute Gasteiger partial charge is 0.489 e. The fraction of sp³-hybridized carbons (Fsp3) is 0.333. The molecule has 3 aromatic carbocycles. The number of ether oxygens (including phenoxy) is 1. The van der Waals surface area contributed by atoms with Gasteiger partial charge in [-0.2, -0.15) is 0 Å². The van der Waals surface area contributed by atoms with Crippen molar-refractivity contribution >= 4 is 44.2 Å². The number of hydrogen-bond donors (Lipinski definition) is 3. The van der Waals surface area contributed by atoms with Crippen molar-refractivity contribution in [1.82, 2.24) is 14.9 Å². The van der Waals surface area contributed by atoms with E-state index in [1.54, 1.807) is 18.3 Å². The molecule has 2 aliphatic heterocycles. The highest BCUT2D eigenvalue weighted by Gasteiger charge is 2.32. The normalized spacial score (nSPS) is 17.6. The van der Waals surface area contributed by atoms with Crippen LogP contribution in [0.1, 0.15) is 37.0 Å². The Bertz CT molecular complexity index is 1830. The number of aryl methyl sites for hydroxylation is 1. The number of nitrogens with one attached hydrogen (secondary N) is 2. The van der Waals surface area contributed by atoms with Gasteiger partial charge >= 0.3 is 0 Å². The Balaban J connectivity index is 1.35. The first-order chi connectivity index (χ1) is 20.5. The number of aliphatic hydroxyl groups is 1. The molecular weight excluding hydrogens is 600 g/mol. The Morgan fingerprint density at radius 2 is 1.93 bits per heavy atom. The Morgan fingerprint density at radius 3 is 2.67 bits per heavy atom. The van der Waals surface area contributed by atoms with Crippen LogP contribution >= 0.6 is 11.6 Å². The SMILES string of the molecule is CCc1cc(-c2c(F)ccc(NS(=O)(=O)c3cc(Cl)cc4c3OCC4O)c2F)cc2cnc(NC3CCN(C)CC3)nc12. The third kappa shape index (κ3) is 5.72. The van der Waals surface area contributed by atoms with E-state index in [0.717, 1.165) is 49.7 Å². The molecule has 6 rings (SSSR count). The molecule has 3 heterocycles. The summed E-state index contributed by atoms with van der Waals surface area (Å²) in [4.78, 5) is 11.1. The molecule has 0 spiro atoms. The van der Waals surface area contributed by atoms with E-state index < -0.39 is 39.0 Å². The molecule has 2 aliphatic rings. The van der Waals surface area contributed by atoms with Crippen LogP contribution in [0.3, 0.4) is 0 Å².